The summed E-state index contributed by atoms with van der Waals surface area (Å²) in [5.74, 6) is -0.478. The highest BCUT2D eigenvalue weighted by molar-refractivity contribution is 5.82. The van der Waals surface area contributed by atoms with Gasteiger partial charge in [-0.15, -0.1) is 0 Å². The second kappa shape index (κ2) is 9.25. The summed E-state index contributed by atoms with van der Waals surface area (Å²) in [5, 5.41) is 3.15. The number of nitrogens with one attached hydrogen (secondary N) is 1. The molecule has 0 bridgehead atoms. The molecule has 34 heavy (non-hydrogen) atoms. The van der Waals surface area contributed by atoms with Crippen LogP contribution in [0.3, 0.4) is 0 Å². The number of fused-ring (bicyclic) bond motifs is 3. The lowest BCUT2D eigenvalue weighted by molar-refractivity contribution is -0.137. The molecule has 1 N–H and O–H groups in total. The highest BCUT2D eigenvalue weighted by Gasteiger charge is 2.44. The molecule has 2 aromatic rings. The Hall–Kier alpha value is -2.54. The van der Waals surface area contributed by atoms with Gasteiger partial charge in [-0.25, -0.2) is 0 Å². The highest BCUT2D eigenvalue weighted by Crippen LogP contribution is 2.40. The molecular weight excluding hydrogens is 439 g/mol. The third-order valence-corrected chi connectivity index (χ3v) is 7.91. The number of benzene rings is 2. The Balaban J connectivity index is 1.43. The molecule has 0 spiro atoms. The van der Waals surface area contributed by atoms with Crippen LogP contribution in [0.15, 0.2) is 48.5 Å². The van der Waals surface area contributed by atoms with Gasteiger partial charge in [-0.2, -0.15) is 13.2 Å². The van der Waals surface area contributed by atoms with Gasteiger partial charge in [0.05, 0.1) is 23.6 Å². The van der Waals surface area contributed by atoms with Gasteiger partial charge in [-0.3, -0.25) is 9.69 Å². The van der Waals surface area contributed by atoms with Gasteiger partial charge in [0.1, 0.15) is 0 Å². The number of anilines is 1. The molecular formula is C27H32F3N3O. The molecule has 1 saturated heterocycles. The average molecular weight is 472 g/mol. The Morgan fingerprint density at radius 1 is 1.06 bits per heavy atom. The highest BCUT2D eigenvalue weighted by atomic mass is 19.4. The molecule has 182 valence electrons. The first-order valence-electron chi connectivity index (χ1n) is 12.4. The molecule has 0 radical (unpaired) electrons. The van der Waals surface area contributed by atoms with Gasteiger partial charge < -0.3 is 10.2 Å². The van der Waals surface area contributed by atoms with Gasteiger partial charge in [0.2, 0.25) is 5.91 Å². The normalized spacial score (nSPS) is 24.4. The van der Waals surface area contributed by atoms with Crippen LogP contribution in [0.25, 0.3) is 0 Å². The standard InChI is InChI=1S/C27H32F3N3O/c1-18(19-7-3-2-4-8-19)31-26(34)23-16-20-15-21(27(28,29)30)11-12-24(20)33-14-13-32(17-25(23)33)22-9-5-6-10-22/h2-4,7-8,11-12,15,18,22-23,25H,5-6,9-10,13-14,16-17H2,1H3,(H,31,34)/t18-,23+,25+/m0/s1. The van der Waals surface area contributed by atoms with Gasteiger partial charge in [0, 0.05) is 31.4 Å². The predicted molar refractivity (Wildman–Crippen MR) is 127 cm³/mol. The first-order valence-corrected chi connectivity index (χ1v) is 12.4. The molecule has 1 amide bonds. The van der Waals surface area contributed by atoms with E-state index >= 15 is 0 Å². The lowest BCUT2D eigenvalue weighted by Gasteiger charge is -2.50. The molecule has 3 aliphatic rings. The number of rotatable bonds is 4. The Morgan fingerprint density at radius 3 is 2.50 bits per heavy atom. The summed E-state index contributed by atoms with van der Waals surface area (Å²) in [4.78, 5) is 18.3. The second-order valence-corrected chi connectivity index (χ2v) is 9.99. The first kappa shape index (κ1) is 23.2. The number of alkyl halides is 3. The molecule has 2 aliphatic heterocycles. The van der Waals surface area contributed by atoms with E-state index in [4.69, 9.17) is 0 Å². The molecule has 2 heterocycles. The van der Waals surface area contributed by atoms with Gasteiger partial charge in [0.25, 0.3) is 0 Å². The summed E-state index contributed by atoms with van der Waals surface area (Å²) in [7, 11) is 0. The van der Waals surface area contributed by atoms with E-state index in [0.717, 1.165) is 30.9 Å². The number of hydrogen-bond acceptors (Lipinski definition) is 3. The fourth-order valence-electron chi connectivity index (χ4n) is 6.07. The van der Waals surface area contributed by atoms with Crippen molar-refractivity contribution in [2.24, 2.45) is 5.92 Å². The maximum atomic E-state index is 13.6. The third-order valence-electron chi connectivity index (χ3n) is 7.91. The summed E-state index contributed by atoms with van der Waals surface area (Å²) in [5.41, 5.74) is 1.84. The Labute approximate surface area is 199 Å². The number of nitrogens with zero attached hydrogens (tertiary/aromatic N) is 2. The van der Waals surface area contributed by atoms with Gasteiger partial charge in [0.15, 0.2) is 0 Å². The van der Waals surface area contributed by atoms with E-state index in [9.17, 15) is 18.0 Å². The van der Waals surface area contributed by atoms with Gasteiger partial charge >= 0.3 is 6.18 Å². The lowest BCUT2D eigenvalue weighted by Crippen LogP contribution is -2.62. The van der Waals surface area contributed by atoms with Crippen LogP contribution < -0.4 is 10.2 Å². The maximum absolute atomic E-state index is 13.6. The van der Waals surface area contributed by atoms with Crippen molar-refractivity contribution >= 4 is 11.6 Å². The quantitative estimate of drug-likeness (QED) is 0.667. The van der Waals surface area contributed by atoms with E-state index in [0.29, 0.717) is 18.0 Å². The molecule has 5 rings (SSSR count). The van der Waals surface area contributed by atoms with Crippen molar-refractivity contribution in [2.75, 3.05) is 24.5 Å². The maximum Gasteiger partial charge on any atom is 0.416 e. The van der Waals surface area contributed by atoms with Crippen LogP contribution in [0.5, 0.6) is 0 Å². The fraction of sp³-hybridized carbons (Fsp3) is 0.519. The molecule has 2 aromatic carbocycles. The monoisotopic (exact) mass is 471 g/mol. The Bertz CT molecular complexity index is 1020. The van der Waals surface area contributed by atoms with E-state index in [-0.39, 0.29) is 18.0 Å². The van der Waals surface area contributed by atoms with Crippen molar-refractivity contribution in [3.8, 4) is 0 Å². The van der Waals surface area contributed by atoms with Gasteiger partial charge in [-0.05, 0) is 55.5 Å². The summed E-state index contributed by atoms with van der Waals surface area (Å²) in [6, 6.07) is 14.2. The van der Waals surface area contributed by atoms with E-state index in [2.05, 4.69) is 15.1 Å². The average Bonchev–Trinajstić information content (AvgIpc) is 3.38. The molecule has 0 aromatic heterocycles. The molecule has 7 heteroatoms. The SMILES string of the molecule is C[C@H](NC(=O)[C@@H]1Cc2cc(C(F)(F)F)ccc2N2CCN(C3CCCC3)C[C@H]12)c1ccccc1. The fourth-order valence-corrected chi connectivity index (χ4v) is 6.07. The smallest absolute Gasteiger partial charge is 0.365 e. The zero-order valence-corrected chi connectivity index (χ0v) is 19.5. The van der Waals surface area contributed by atoms with Crippen LogP contribution in [0.1, 0.15) is 55.3 Å². The number of hydrogen-bond donors (Lipinski definition) is 1. The van der Waals surface area contributed by atoms with E-state index < -0.39 is 17.7 Å². The van der Waals surface area contributed by atoms with Crippen LogP contribution >= 0.6 is 0 Å². The van der Waals surface area contributed by atoms with Crippen LogP contribution in [0, 0.1) is 5.92 Å². The zero-order valence-electron chi connectivity index (χ0n) is 19.5. The topological polar surface area (TPSA) is 35.6 Å². The van der Waals surface area contributed by atoms with E-state index in [1.807, 2.05) is 37.3 Å². The molecule has 0 unspecified atom stereocenters. The number of carbonyl (C=O) groups is 1. The number of carbonyl (C=O) groups excluding carboxylic acids is 1. The molecule has 4 nitrogen and oxygen atoms in total. The van der Waals surface area contributed by atoms with Crippen LogP contribution in [0.2, 0.25) is 0 Å². The minimum absolute atomic E-state index is 0.0402. The van der Waals surface area contributed by atoms with Gasteiger partial charge in [-0.1, -0.05) is 43.2 Å². The third kappa shape index (κ3) is 4.54. The van der Waals surface area contributed by atoms with Crippen LogP contribution in [0.4, 0.5) is 18.9 Å². The lowest BCUT2D eigenvalue weighted by atomic mass is 9.82. The van der Waals surface area contributed by atoms with Crippen LogP contribution in [-0.2, 0) is 17.4 Å². The van der Waals surface area contributed by atoms with Crippen molar-refractivity contribution in [1.82, 2.24) is 10.2 Å². The van der Waals surface area contributed by atoms with Crippen LogP contribution in [-0.4, -0.2) is 42.5 Å². The summed E-state index contributed by atoms with van der Waals surface area (Å²) >= 11 is 0. The molecule has 3 atom stereocenters. The second-order valence-electron chi connectivity index (χ2n) is 9.99. The number of halogens is 3. The van der Waals surface area contributed by atoms with E-state index in [1.165, 1.54) is 37.8 Å². The Kier molecular flexibility index (Phi) is 6.32. The summed E-state index contributed by atoms with van der Waals surface area (Å²) in [6.07, 6.45) is 0.813. The van der Waals surface area contributed by atoms with E-state index in [1.54, 1.807) is 6.07 Å². The minimum atomic E-state index is -4.40. The van der Waals surface area contributed by atoms with Crippen molar-refractivity contribution in [2.45, 2.75) is 63.3 Å². The van der Waals surface area contributed by atoms with Crippen molar-refractivity contribution in [3.63, 3.8) is 0 Å². The predicted octanol–water partition coefficient (Wildman–Crippen LogP) is 5.19. The molecule has 1 aliphatic carbocycles. The Morgan fingerprint density at radius 2 is 1.79 bits per heavy atom. The molecule has 1 saturated carbocycles. The molecule has 2 fully saturated rings. The van der Waals surface area contributed by atoms with Crippen molar-refractivity contribution in [1.29, 1.82) is 0 Å². The number of amides is 1. The number of piperazine rings is 1. The largest absolute Gasteiger partial charge is 0.416 e. The first-order chi connectivity index (χ1) is 16.3. The summed E-state index contributed by atoms with van der Waals surface area (Å²) in [6.45, 7) is 4.35. The summed E-state index contributed by atoms with van der Waals surface area (Å²) < 4.78 is 40.3. The minimum Gasteiger partial charge on any atom is -0.365 e. The van der Waals surface area contributed by atoms with Crippen molar-refractivity contribution < 1.29 is 18.0 Å². The zero-order chi connectivity index (χ0) is 23.9. The van der Waals surface area contributed by atoms with Crippen molar-refractivity contribution in [3.05, 3.63) is 65.2 Å².